The number of nitrogens with one attached hydrogen (secondary N) is 5. The summed E-state index contributed by atoms with van der Waals surface area (Å²) in [5.74, 6) is -1.30. The first-order valence-corrected chi connectivity index (χ1v) is 48.3. The topological polar surface area (TPSA) is 322 Å². The Labute approximate surface area is 841 Å². The standard InChI is InChI=1S/C47H56Cl4N6O6.C34H30Cl4N4O3S.C19H23ClN2O5/c1-7-8-9-10-11-12-13-14-15-16-17-40(63-32-20-22-38(58)33(28-32)47(2,3)4)45(59)52-30-18-21-34(49)37(26-30)53-44-42(55-54-31-19-23-39(61-5)41(27-31)62-6)46(60)57(56-44)43-35(50)24-29(48)25-36(43)51;1-5-27(45-28-13-11-18(2)14-20(28)4)33(43)40-25-8-6-7-9-29(25)46-31-32(39-26-15-19(3)10-12-22(26)36)41-42(34(31)44)30-23(37)16-21(35)17-24(30)38;1-10-7-8-11(20)12(9-10)21-15(24)13(14(23)18(2,3)4)22-16(25)19(5,6)27-17(22)26/h18-28,40,42,58H,7-17H2,1-6H3,(H,52,59)(H,53,56);6-17,27,31H,5H2,1-4H3,(H,39,41)(H,40,43);7-9,13H,1-6H3,(H,21,24). The third kappa shape index (κ3) is 28.1. The van der Waals surface area contributed by atoms with Gasteiger partial charge in [0.15, 0.2) is 47.0 Å². The number of amidine groups is 2. The molecule has 0 radical (unpaired) electrons. The number of hydrazine groups is 2. The van der Waals surface area contributed by atoms with Crippen LogP contribution in [0.25, 0.3) is 0 Å². The van der Waals surface area contributed by atoms with Crippen molar-refractivity contribution in [2.24, 2.45) is 25.6 Å². The Balaban J connectivity index is 0.000000228. The van der Waals surface area contributed by atoms with Crippen LogP contribution in [0.5, 0.6) is 28.7 Å². The van der Waals surface area contributed by atoms with Crippen LogP contribution in [0.2, 0.25) is 45.2 Å². The van der Waals surface area contributed by atoms with Crippen molar-refractivity contribution in [1.82, 2.24) is 15.8 Å². The Kier molecular flexibility index (Phi) is 38.1. The summed E-state index contributed by atoms with van der Waals surface area (Å²) in [5.41, 5.74) is 10.4. The van der Waals surface area contributed by atoms with Crippen molar-refractivity contribution in [1.29, 1.82) is 0 Å². The molecule has 0 saturated carbocycles. The fraction of sp³-hybridized carbons (Fsp3) is 0.360. The van der Waals surface area contributed by atoms with Gasteiger partial charge in [-0.05, 0) is 198 Å². The van der Waals surface area contributed by atoms with Gasteiger partial charge in [0.2, 0.25) is 6.04 Å². The lowest BCUT2D eigenvalue weighted by Gasteiger charge is -2.28. The zero-order valence-corrected chi connectivity index (χ0v) is 85.7. The molecule has 6 N–H and O–H groups in total. The first-order chi connectivity index (χ1) is 64.3. The molecule has 3 heterocycles. The van der Waals surface area contributed by atoms with Gasteiger partial charge in [-0.1, -0.05) is 260 Å². The second-order valence-corrected chi connectivity index (χ2v) is 40.0. The number of rotatable bonds is 34. The van der Waals surface area contributed by atoms with E-state index < -0.39 is 70.2 Å². The van der Waals surface area contributed by atoms with Crippen LogP contribution in [-0.2, 0) is 43.7 Å². The van der Waals surface area contributed by atoms with Gasteiger partial charge in [0.05, 0.1) is 77.8 Å². The lowest BCUT2D eigenvalue weighted by Crippen LogP contribution is -2.55. The number of cyclic esters (lactones) is 1. The maximum atomic E-state index is 14.1. The number of unbranched alkanes of at least 4 members (excludes halogenated alkanes) is 9. The Morgan fingerprint density at radius 3 is 1.65 bits per heavy atom. The smallest absolute Gasteiger partial charge is 0.418 e. The Morgan fingerprint density at radius 2 is 1.07 bits per heavy atom. The molecule has 0 spiro atoms. The van der Waals surface area contributed by atoms with Gasteiger partial charge < -0.3 is 44.7 Å². The molecule has 36 heteroatoms. The number of Topliss-reactive ketones (excluding diaryl/α,β-unsaturated/α-hetero) is 1. The van der Waals surface area contributed by atoms with Gasteiger partial charge in [-0.15, -0.1) is 11.8 Å². The molecule has 136 heavy (non-hydrogen) atoms. The highest BCUT2D eigenvalue weighted by Gasteiger charge is 2.55. The average Bonchev–Trinajstić information content (AvgIpc) is 1.62. The number of anilines is 5. The van der Waals surface area contributed by atoms with E-state index in [-0.39, 0.29) is 92.6 Å². The molecule has 3 aliphatic heterocycles. The van der Waals surface area contributed by atoms with E-state index in [4.69, 9.17) is 138 Å². The molecule has 9 aromatic rings. The molecule has 3 fully saturated rings. The van der Waals surface area contributed by atoms with Gasteiger partial charge in [-0.2, -0.15) is 10.2 Å². The third-order valence-corrected chi connectivity index (χ3v) is 25.5. The van der Waals surface area contributed by atoms with Crippen LogP contribution in [0.3, 0.4) is 0 Å². The first kappa shape index (κ1) is 107. The van der Waals surface area contributed by atoms with Crippen LogP contribution in [0.15, 0.2) is 183 Å². The molecule has 0 aromatic heterocycles. The maximum absolute atomic E-state index is 14.1. The predicted octanol–water partition coefficient (Wildman–Crippen LogP) is 26.8. The summed E-state index contributed by atoms with van der Waals surface area (Å²) in [5, 5.41) is 31.4. The fourth-order valence-electron chi connectivity index (χ4n) is 14.5. The monoisotopic (exact) mass is 2050 g/mol. The summed E-state index contributed by atoms with van der Waals surface area (Å²) in [7, 11) is 3.01. The number of aliphatic imine (C=N–C) groups is 2. The number of hydrogen-bond acceptors (Lipinski definition) is 19. The molecule has 3 saturated heterocycles. The van der Waals surface area contributed by atoms with Crippen LogP contribution >= 0.6 is 116 Å². The molecule has 722 valence electrons. The van der Waals surface area contributed by atoms with E-state index >= 15 is 0 Å². The lowest BCUT2D eigenvalue weighted by molar-refractivity contribution is -0.145. The summed E-state index contributed by atoms with van der Waals surface area (Å²) < 4.78 is 28.3. The van der Waals surface area contributed by atoms with Crippen molar-refractivity contribution < 1.29 is 67.1 Å². The second-order valence-electron chi connectivity index (χ2n) is 35.1. The molecule has 26 nitrogen and oxygen atoms in total. The zero-order chi connectivity index (χ0) is 99.5. The van der Waals surface area contributed by atoms with Crippen molar-refractivity contribution in [2.75, 3.05) is 40.2 Å². The van der Waals surface area contributed by atoms with E-state index in [0.717, 1.165) is 52.9 Å². The van der Waals surface area contributed by atoms with Crippen LogP contribution in [0, 0.1) is 33.1 Å². The normalized spacial score (nSPS) is 15.9. The third-order valence-electron chi connectivity index (χ3n) is 21.7. The minimum atomic E-state index is -1.66. The molecule has 3 aliphatic rings. The van der Waals surface area contributed by atoms with Gasteiger partial charge in [0.1, 0.15) is 39.7 Å². The van der Waals surface area contributed by atoms with Crippen molar-refractivity contribution in [2.45, 2.75) is 219 Å². The average molecular weight is 2050 g/mol. The molecular formula is C100H109Cl9N12O14S. The van der Waals surface area contributed by atoms with E-state index in [1.165, 1.54) is 108 Å². The molecule has 0 aliphatic carbocycles. The number of ether oxygens (including phenoxy) is 5. The number of carbonyl (C=O) groups is 8. The van der Waals surface area contributed by atoms with Crippen molar-refractivity contribution >= 4 is 221 Å². The van der Waals surface area contributed by atoms with Gasteiger partial charge in [-0.3, -0.25) is 44.4 Å². The highest BCUT2D eigenvalue weighted by atomic mass is 35.5. The lowest BCUT2D eigenvalue weighted by atomic mass is 9.85. The minimum Gasteiger partial charge on any atom is -0.508 e. The number of halogens is 9. The van der Waals surface area contributed by atoms with E-state index in [9.17, 15) is 43.5 Å². The zero-order valence-electron chi connectivity index (χ0n) is 78.1. The number of azo groups is 1. The molecule has 9 aromatic carbocycles. The minimum absolute atomic E-state index is 0.0424. The second kappa shape index (κ2) is 48.2. The van der Waals surface area contributed by atoms with Crippen LogP contribution in [0.1, 0.15) is 174 Å². The molecule has 5 atom stereocenters. The number of para-hydroxylation sites is 1. The number of imide groups is 1. The van der Waals surface area contributed by atoms with E-state index in [1.54, 1.807) is 112 Å². The number of phenols is 1. The van der Waals surface area contributed by atoms with Gasteiger partial charge in [0.25, 0.3) is 35.4 Å². The number of methoxy groups -OCH3 is 2. The summed E-state index contributed by atoms with van der Waals surface area (Å²) in [6, 6.07) is 41.2. The van der Waals surface area contributed by atoms with E-state index in [1.807, 2.05) is 97.9 Å². The van der Waals surface area contributed by atoms with Crippen LogP contribution < -0.4 is 55.8 Å². The van der Waals surface area contributed by atoms with Crippen molar-refractivity contribution in [3.63, 3.8) is 0 Å². The number of carbonyl (C=O) groups excluding carboxylic acids is 8. The molecular weight excluding hydrogens is 1940 g/mol. The number of amides is 7. The fourth-order valence-corrected chi connectivity index (χ4v) is 18.0. The largest absolute Gasteiger partial charge is 0.508 e. The summed E-state index contributed by atoms with van der Waals surface area (Å²) >= 11 is 59.0. The first-order valence-electron chi connectivity index (χ1n) is 44.0. The maximum Gasteiger partial charge on any atom is 0.418 e. The number of benzene rings is 9. The Hall–Kier alpha value is -10.6. The summed E-state index contributed by atoms with van der Waals surface area (Å²) in [6.07, 6.45) is 9.85. The van der Waals surface area contributed by atoms with Gasteiger partial charge >= 0.3 is 6.09 Å². The highest BCUT2D eigenvalue weighted by Crippen LogP contribution is 2.45. The Bertz CT molecular complexity index is 6000. The SMILES string of the molecule is CCC(Oc1ccc(C)cc1C)C(=O)Nc1ccccc1SC1C(=O)N(c2c(Cl)cc(Cl)cc2Cl)NC1=Nc1cc(C)ccc1Cl.CCCCCCCCCCCCC(Oc1ccc(O)c(C(C)(C)C)c1)C(=O)Nc1ccc(Cl)c(N=C2NN(c3c(Cl)cc(Cl)cc3Cl)C(=O)C2N=Nc2ccc(OC)c(OC)c2)c1.Cc1ccc(Cl)c(NC(=O)C(C(=O)C(C)(C)C)N2C(=O)OC(C)(C)C2=O)c1. The molecule has 0 bridgehead atoms. The number of thioether (sulfide) groups is 1. The quantitative estimate of drug-likeness (QED) is 0.0124. The predicted molar refractivity (Wildman–Crippen MR) is 546 cm³/mol. The molecule has 12 rings (SSSR count). The number of phenolic OH excluding ortho intramolecular Hbond substituents is 1. The number of ketones is 1. The number of hydrogen-bond donors (Lipinski definition) is 6. The number of aryl methyl sites for hydroxylation is 4. The van der Waals surface area contributed by atoms with E-state index in [2.05, 4.69) is 44.0 Å². The van der Waals surface area contributed by atoms with E-state index in [0.29, 0.717) is 89.8 Å². The van der Waals surface area contributed by atoms with Gasteiger partial charge in [-0.25, -0.2) is 29.7 Å². The number of nitrogens with zero attached hydrogens (tertiary/aromatic N) is 7. The van der Waals surface area contributed by atoms with Crippen molar-refractivity contribution in [3.05, 3.63) is 231 Å². The van der Waals surface area contributed by atoms with Crippen LogP contribution in [0.4, 0.5) is 50.3 Å². The van der Waals surface area contributed by atoms with Crippen molar-refractivity contribution in [3.8, 4) is 28.7 Å². The van der Waals surface area contributed by atoms with Crippen LogP contribution in [-0.4, -0.2) is 118 Å². The highest BCUT2D eigenvalue weighted by molar-refractivity contribution is 8.01. The molecule has 7 amide bonds. The Morgan fingerprint density at radius 1 is 0.537 bits per heavy atom. The van der Waals surface area contributed by atoms with Gasteiger partial charge in [0, 0.05) is 37.7 Å². The summed E-state index contributed by atoms with van der Waals surface area (Å²) in [6.45, 7) is 25.4. The molecule has 5 unspecified atom stereocenters. The number of aromatic hydroxyl groups is 1. The summed E-state index contributed by atoms with van der Waals surface area (Å²) in [4.78, 5) is 117.